The number of rotatable bonds is 5. The Morgan fingerprint density at radius 1 is 1.25 bits per heavy atom. The molecule has 0 radical (unpaired) electrons. The van der Waals surface area contributed by atoms with E-state index >= 15 is 0 Å². The zero-order chi connectivity index (χ0) is 14.7. The number of aryl methyl sites for hydroxylation is 3. The van der Waals surface area contributed by atoms with Crippen LogP contribution in [0.1, 0.15) is 37.6 Å². The summed E-state index contributed by atoms with van der Waals surface area (Å²) in [6.45, 7) is 9.60. The minimum atomic E-state index is 0.514. The quantitative estimate of drug-likeness (QED) is 0.902. The summed E-state index contributed by atoms with van der Waals surface area (Å²) in [4.78, 5) is 0. The zero-order valence-corrected chi connectivity index (χ0v) is 13.2. The largest absolute Gasteiger partial charge is 0.310 e. The van der Waals surface area contributed by atoms with Gasteiger partial charge in [0.15, 0.2) is 0 Å². The second-order valence-electron chi connectivity index (χ2n) is 5.70. The highest BCUT2D eigenvalue weighted by atomic mass is 15.2. The summed E-state index contributed by atoms with van der Waals surface area (Å²) in [5.41, 5.74) is 6.38. The molecule has 0 saturated carbocycles. The van der Waals surface area contributed by atoms with Crippen molar-refractivity contribution in [1.82, 2.24) is 15.1 Å². The van der Waals surface area contributed by atoms with Gasteiger partial charge in [0.25, 0.3) is 0 Å². The average molecular weight is 271 g/mol. The highest BCUT2D eigenvalue weighted by Crippen LogP contribution is 2.27. The van der Waals surface area contributed by atoms with Gasteiger partial charge in [-0.2, -0.15) is 5.10 Å². The van der Waals surface area contributed by atoms with Gasteiger partial charge in [0.2, 0.25) is 0 Å². The fraction of sp³-hybridized carbons (Fsp3) is 0.471. The van der Waals surface area contributed by atoms with Gasteiger partial charge >= 0.3 is 0 Å². The van der Waals surface area contributed by atoms with Crippen molar-refractivity contribution in [2.75, 3.05) is 0 Å². The third-order valence-electron chi connectivity index (χ3n) is 3.54. The molecule has 0 bridgehead atoms. The van der Waals surface area contributed by atoms with E-state index in [-0.39, 0.29) is 0 Å². The Bertz CT molecular complexity index is 582. The van der Waals surface area contributed by atoms with Crippen LogP contribution in [0.2, 0.25) is 0 Å². The molecule has 3 heteroatoms. The maximum absolute atomic E-state index is 4.53. The molecule has 3 nitrogen and oxygen atoms in total. The molecule has 0 atom stereocenters. The van der Waals surface area contributed by atoms with Gasteiger partial charge in [0.1, 0.15) is 0 Å². The normalized spacial score (nSPS) is 11.3. The summed E-state index contributed by atoms with van der Waals surface area (Å²) >= 11 is 0. The molecule has 2 aromatic rings. The zero-order valence-electron chi connectivity index (χ0n) is 13.2. The van der Waals surface area contributed by atoms with Crippen molar-refractivity contribution in [3.05, 3.63) is 41.2 Å². The van der Waals surface area contributed by atoms with Gasteiger partial charge in [-0.3, -0.25) is 4.68 Å². The maximum atomic E-state index is 4.53. The fourth-order valence-electron chi connectivity index (χ4n) is 2.48. The first kappa shape index (κ1) is 14.8. The van der Waals surface area contributed by atoms with Crippen molar-refractivity contribution in [2.45, 2.75) is 46.7 Å². The van der Waals surface area contributed by atoms with Crippen LogP contribution in [0.4, 0.5) is 0 Å². The first-order valence-electron chi connectivity index (χ1n) is 7.37. The van der Waals surface area contributed by atoms with E-state index in [2.05, 4.69) is 62.5 Å². The highest BCUT2D eigenvalue weighted by molar-refractivity contribution is 5.69. The minimum absolute atomic E-state index is 0.514. The van der Waals surface area contributed by atoms with Crippen molar-refractivity contribution in [3.8, 4) is 11.1 Å². The molecule has 0 aliphatic heterocycles. The van der Waals surface area contributed by atoms with Crippen LogP contribution in [0.5, 0.6) is 0 Å². The van der Waals surface area contributed by atoms with Crippen molar-refractivity contribution < 1.29 is 0 Å². The Kier molecular flexibility index (Phi) is 4.61. The van der Waals surface area contributed by atoms with Crippen LogP contribution in [0, 0.1) is 6.92 Å². The lowest BCUT2D eigenvalue weighted by Crippen LogP contribution is -2.21. The van der Waals surface area contributed by atoms with Crippen LogP contribution in [-0.2, 0) is 20.0 Å². The fourth-order valence-corrected chi connectivity index (χ4v) is 2.48. The Labute approximate surface area is 122 Å². The molecule has 2 rings (SSSR count). The Morgan fingerprint density at radius 3 is 2.60 bits per heavy atom. The van der Waals surface area contributed by atoms with E-state index in [9.17, 15) is 0 Å². The first-order chi connectivity index (χ1) is 9.51. The van der Waals surface area contributed by atoms with E-state index in [0.717, 1.165) is 13.0 Å². The van der Waals surface area contributed by atoms with E-state index in [0.29, 0.717) is 6.04 Å². The minimum Gasteiger partial charge on any atom is -0.310 e. The van der Waals surface area contributed by atoms with Gasteiger partial charge < -0.3 is 5.32 Å². The lowest BCUT2D eigenvalue weighted by Gasteiger charge is -2.11. The molecule has 0 unspecified atom stereocenters. The lowest BCUT2D eigenvalue weighted by atomic mass is 9.98. The molecule has 108 valence electrons. The van der Waals surface area contributed by atoms with Gasteiger partial charge in [-0.15, -0.1) is 0 Å². The monoisotopic (exact) mass is 271 g/mol. The molecule has 1 aromatic heterocycles. The molecular formula is C17H25N3. The van der Waals surface area contributed by atoms with Crippen LogP contribution < -0.4 is 5.32 Å². The van der Waals surface area contributed by atoms with Gasteiger partial charge in [0.05, 0.1) is 5.69 Å². The second-order valence-corrected chi connectivity index (χ2v) is 5.70. The standard InChI is InChI=1S/C17H25N3/c1-6-17-16(11-20(5)19-17)15-8-7-14(9-13(15)4)10-18-12(2)3/h7-9,11-12,18H,6,10H2,1-5H3. The smallest absolute Gasteiger partial charge is 0.0700 e. The van der Waals surface area contributed by atoms with Crippen molar-refractivity contribution in [3.63, 3.8) is 0 Å². The van der Waals surface area contributed by atoms with E-state index in [1.165, 1.54) is 27.9 Å². The van der Waals surface area contributed by atoms with Gasteiger partial charge in [-0.1, -0.05) is 39.0 Å². The molecule has 1 N–H and O–H groups in total. The highest BCUT2D eigenvalue weighted by Gasteiger charge is 2.11. The Hall–Kier alpha value is -1.61. The van der Waals surface area contributed by atoms with Crippen molar-refractivity contribution >= 4 is 0 Å². The number of nitrogens with zero attached hydrogens (tertiary/aromatic N) is 2. The number of hydrogen-bond acceptors (Lipinski definition) is 2. The predicted molar refractivity (Wildman–Crippen MR) is 84.7 cm³/mol. The van der Waals surface area contributed by atoms with E-state index in [4.69, 9.17) is 0 Å². The Morgan fingerprint density at radius 2 is 2.00 bits per heavy atom. The summed E-state index contributed by atoms with van der Waals surface area (Å²) in [6.07, 6.45) is 3.08. The van der Waals surface area contributed by atoms with E-state index in [1.54, 1.807) is 0 Å². The third-order valence-corrected chi connectivity index (χ3v) is 3.54. The molecule has 0 fully saturated rings. The molecule has 0 aliphatic carbocycles. The van der Waals surface area contributed by atoms with Crippen molar-refractivity contribution in [2.24, 2.45) is 7.05 Å². The molecule has 1 aromatic carbocycles. The van der Waals surface area contributed by atoms with Crippen LogP contribution in [0.3, 0.4) is 0 Å². The van der Waals surface area contributed by atoms with Gasteiger partial charge in [-0.25, -0.2) is 0 Å². The number of hydrogen-bond donors (Lipinski definition) is 1. The van der Waals surface area contributed by atoms with E-state index < -0.39 is 0 Å². The molecule has 0 saturated heterocycles. The molecule has 20 heavy (non-hydrogen) atoms. The molecule has 0 aliphatic rings. The summed E-state index contributed by atoms with van der Waals surface area (Å²) in [5.74, 6) is 0. The Balaban J connectivity index is 2.29. The SMILES string of the molecule is CCc1nn(C)cc1-c1ccc(CNC(C)C)cc1C. The average Bonchev–Trinajstić information content (AvgIpc) is 2.77. The van der Waals surface area contributed by atoms with Crippen LogP contribution >= 0.6 is 0 Å². The van der Waals surface area contributed by atoms with Crippen molar-refractivity contribution in [1.29, 1.82) is 0 Å². The molecule has 0 spiro atoms. The van der Waals surface area contributed by atoms with Crippen LogP contribution in [-0.4, -0.2) is 15.8 Å². The summed E-state index contributed by atoms with van der Waals surface area (Å²) in [6, 6.07) is 7.23. The topological polar surface area (TPSA) is 29.9 Å². The summed E-state index contributed by atoms with van der Waals surface area (Å²) in [7, 11) is 1.99. The predicted octanol–water partition coefficient (Wildman–Crippen LogP) is 3.46. The number of aromatic nitrogens is 2. The summed E-state index contributed by atoms with van der Waals surface area (Å²) < 4.78 is 1.90. The van der Waals surface area contributed by atoms with Crippen LogP contribution in [0.25, 0.3) is 11.1 Å². The van der Waals surface area contributed by atoms with Gasteiger partial charge in [0, 0.05) is 31.4 Å². The number of nitrogens with one attached hydrogen (secondary N) is 1. The third kappa shape index (κ3) is 3.28. The number of benzene rings is 1. The second kappa shape index (κ2) is 6.23. The maximum Gasteiger partial charge on any atom is 0.0700 e. The lowest BCUT2D eigenvalue weighted by molar-refractivity contribution is 0.589. The van der Waals surface area contributed by atoms with E-state index in [1.807, 2.05) is 11.7 Å². The first-order valence-corrected chi connectivity index (χ1v) is 7.37. The molecule has 1 heterocycles. The van der Waals surface area contributed by atoms with Crippen LogP contribution in [0.15, 0.2) is 24.4 Å². The molecule has 0 amide bonds. The molecular weight excluding hydrogens is 246 g/mol. The summed E-state index contributed by atoms with van der Waals surface area (Å²) in [5, 5.41) is 7.99. The van der Waals surface area contributed by atoms with Gasteiger partial charge in [-0.05, 0) is 30.0 Å².